The molecule has 15 heavy (non-hydrogen) atoms. The largest absolute Gasteiger partial charge is 0.0654 e. The molecular formula is C15H21. The van der Waals surface area contributed by atoms with Crippen LogP contribution in [0.2, 0.25) is 0 Å². The van der Waals surface area contributed by atoms with E-state index in [9.17, 15) is 0 Å². The standard InChI is InChI=1S/C15H21/c1-2-3-7-15(12-13-10-11-13)14-8-5-4-6-9-14/h4-6,8-9,13H,2-3,7,10-12H2,1H3. The van der Waals surface area contributed by atoms with Gasteiger partial charge in [0.25, 0.3) is 0 Å². The van der Waals surface area contributed by atoms with Crippen LogP contribution in [0.4, 0.5) is 0 Å². The van der Waals surface area contributed by atoms with E-state index in [4.69, 9.17) is 0 Å². The first-order valence-electron chi connectivity index (χ1n) is 6.30. The van der Waals surface area contributed by atoms with Crippen molar-refractivity contribution in [2.24, 2.45) is 5.92 Å². The zero-order chi connectivity index (χ0) is 10.5. The molecule has 1 aromatic carbocycles. The van der Waals surface area contributed by atoms with Crippen LogP contribution in [0.1, 0.15) is 51.0 Å². The minimum atomic E-state index is 1.01. The summed E-state index contributed by atoms with van der Waals surface area (Å²) >= 11 is 0. The molecule has 0 heteroatoms. The van der Waals surface area contributed by atoms with Crippen LogP contribution in [0.3, 0.4) is 0 Å². The molecule has 0 saturated heterocycles. The van der Waals surface area contributed by atoms with Crippen molar-refractivity contribution < 1.29 is 0 Å². The van der Waals surface area contributed by atoms with Crippen molar-refractivity contribution in [1.82, 2.24) is 0 Å². The van der Waals surface area contributed by atoms with Gasteiger partial charge in [0.2, 0.25) is 0 Å². The van der Waals surface area contributed by atoms with Gasteiger partial charge in [-0.25, -0.2) is 0 Å². The van der Waals surface area contributed by atoms with Gasteiger partial charge in [-0.2, -0.15) is 0 Å². The second-order valence-electron chi connectivity index (χ2n) is 4.72. The summed E-state index contributed by atoms with van der Waals surface area (Å²) in [6.07, 6.45) is 8.23. The summed E-state index contributed by atoms with van der Waals surface area (Å²) in [4.78, 5) is 0. The van der Waals surface area contributed by atoms with Gasteiger partial charge in [-0.15, -0.1) is 0 Å². The summed E-state index contributed by atoms with van der Waals surface area (Å²) in [5, 5.41) is 0. The Morgan fingerprint density at radius 3 is 2.53 bits per heavy atom. The maximum absolute atomic E-state index is 2.28. The lowest BCUT2D eigenvalue weighted by Gasteiger charge is -2.15. The van der Waals surface area contributed by atoms with E-state index in [0.29, 0.717) is 0 Å². The lowest BCUT2D eigenvalue weighted by atomic mass is 9.89. The zero-order valence-corrected chi connectivity index (χ0v) is 9.71. The Hall–Kier alpha value is -0.780. The monoisotopic (exact) mass is 201 g/mol. The van der Waals surface area contributed by atoms with E-state index < -0.39 is 0 Å². The highest BCUT2D eigenvalue weighted by molar-refractivity contribution is 5.30. The normalized spacial score (nSPS) is 15.9. The van der Waals surface area contributed by atoms with Crippen molar-refractivity contribution in [2.75, 3.05) is 0 Å². The Balaban J connectivity index is 1.96. The van der Waals surface area contributed by atoms with E-state index in [2.05, 4.69) is 37.3 Å². The molecule has 0 N–H and O–H groups in total. The van der Waals surface area contributed by atoms with Crippen molar-refractivity contribution in [2.45, 2.75) is 45.4 Å². The SMILES string of the molecule is CCCC[C](CC1CC1)c1ccccc1. The summed E-state index contributed by atoms with van der Waals surface area (Å²) in [7, 11) is 0. The van der Waals surface area contributed by atoms with Crippen LogP contribution < -0.4 is 0 Å². The highest BCUT2D eigenvalue weighted by Gasteiger charge is 2.26. The number of rotatable bonds is 6. The lowest BCUT2D eigenvalue weighted by Crippen LogP contribution is -2.01. The van der Waals surface area contributed by atoms with E-state index in [1.165, 1.54) is 44.1 Å². The van der Waals surface area contributed by atoms with Crippen LogP contribution in [-0.2, 0) is 0 Å². The van der Waals surface area contributed by atoms with Crippen LogP contribution in [0, 0.1) is 11.8 Å². The Morgan fingerprint density at radius 1 is 1.20 bits per heavy atom. The summed E-state index contributed by atoms with van der Waals surface area (Å²) in [5.74, 6) is 2.71. The quantitative estimate of drug-likeness (QED) is 0.631. The molecule has 1 fully saturated rings. The van der Waals surface area contributed by atoms with E-state index in [1.54, 1.807) is 5.92 Å². The smallest absolute Gasteiger partial charge is 0.00525 e. The van der Waals surface area contributed by atoms with Gasteiger partial charge in [0.05, 0.1) is 0 Å². The van der Waals surface area contributed by atoms with Crippen molar-refractivity contribution in [3.05, 3.63) is 41.8 Å². The fourth-order valence-corrected chi connectivity index (χ4v) is 2.10. The second kappa shape index (κ2) is 5.34. The van der Waals surface area contributed by atoms with Crippen molar-refractivity contribution in [3.8, 4) is 0 Å². The molecule has 1 aliphatic rings. The molecule has 1 saturated carbocycles. The maximum Gasteiger partial charge on any atom is 0.00525 e. The second-order valence-corrected chi connectivity index (χ2v) is 4.72. The first kappa shape index (κ1) is 10.7. The van der Waals surface area contributed by atoms with Crippen LogP contribution in [0.25, 0.3) is 0 Å². The molecular weight excluding hydrogens is 180 g/mol. The van der Waals surface area contributed by atoms with Crippen LogP contribution in [-0.4, -0.2) is 0 Å². The maximum atomic E-state index is 2.28. The lowest BCUT2D eigenvalue weighted by molar-refractivity contribution is 0.653. The molecule has 0 heterocycles. The van der Waals surface area contributed by atoms with Crippen molar-refractivity contribution in [3.63, 3.8) is 0 Å². The van der Waals surface area contributed by atoms with Crippen LogP contribution >= 0.6 is 0 Å². The molecule has 2 rings (SSSR count). The Labute approximate surface area is 93.7 Å². The van der Waals surface area contributed by atoms with Gasteiger partial charge in [-0.3, -0.25) is 0 Å². The highest BCUT2D eigenvalue weighted by Crippen LogP contribution is 2.39. The van der Waals surface area contributed by atoms with E-state index >= 15 is 0 Å². The molecule has 0 nitrogen and oxygen atoms in total. The first-order valence-corrected chi connectivity index (χ1v) is 6.30. The number of unbranched alkanes of at least 4 members (excludes halogenated alkanes) is 1. The van der Waals surface area contributed by atoms with Gasteiger partial charge in [0, 0.05) is 5.92 Å². The molecule has 0 aliphatic heterocycles. The molecule has 0 atom stereocenters. The molecule has 1 aliphatic carbocycles. The van der Waals surface area contributed by atoms with E-state index in [0.717, 1.165) is 5.92 Å². The third-order valence-electron chi connectivity index (χ3n) is 3.25. The van der Waals surface area contributed by atoms with E-state index in [-0.39, 0.29) is 0 Å². The fraction of sp³-hybridized carbons (Fsp3) is 0.533. The van der Waals surface area contributed by atoms with Crippen LogP contribution in [0.5, 0.6) is 0 Å². The first-order chi connectivity index (χ1) is 7.40. The average molecular weight is 201 g/mol. The summed E-state index contributed by atoms with van der Waals surface area (Å²) in [6.45, 7) is 2.28. The molecule has 1 radical (unpaired) electrons. The predicted molar refractivity (Wildman–Crippen MR) is 65.7 cm³/mol. The van der Waals surface area contributed by atoms with Gasteiger partial charge in [-0.05, 0) is 24.3 Å². The topological polar surface area (TPSA) is 0 Å². The van der Waals surface area contributed by atoms with Gasteiger partial charge in [0.15, 0.2) is 0 Å². The Kier molecular flexibility index (Phi) is 3.82. The molecule has 0 unspecified atom stereocenters. The molecule has 0 aromatic heterocycles. The number of hydrogen-bond acceptors (Lipinski definition) is 0. The van der Waals surface area contributed by atoms with Gasteiger partial charge in [0.1, 0.15) is 0 Å². The molecule has 81 valence electrons. The third kappa shape index (κ3) is 3.37. The minimum absolute atomic E-state index is 1.01. The van der Waals surface area contributed by atoms with E-state index in [1.807, 2.05) is 0 Å². The number of hydrogen-bond donors (Lipinski definition) is 0. The molecule has 0 amide bonds. The Bertz CT molecular complexity index is 271. The summed E-state index contributed by atoms with van der Waals surface area (Å²) in [5.41, 5.74) is 1.48. The highest BCUT2D eigenvalue weighted by atomic mass is 14.3. The third-order valence-corrected chi connectivity index (χ3v) is 3.25. The molecule has 0 bridgehead atoms. The van der Waals surface area contributed by atoms with Gasteiger partial charge < -0.3 is 0 Å². The van der Waals surface area contributed by atoms with Gasteiger partial charge >= 0.3 is 0 Å². The molecule has 0 spiro atoms. The summed E-state index contributed by atoms with van der Waals surface area (Å²) < 4.78 is 0. The summed E-state index contributed by atoms with van der Waals surface area (Å²) in [6, 6.07) is 11.0. The average Bonchev–Trinajstić information content (AvgIpc) is 3.09. The van der Waals surface area contributed by atoms with Crippen molar-refractivity contribution in [1.29, 1.82) is 0 Å². The number of benzene rings is 1. The predicted octanol–water partition coefficient (Wildman–Crippen LogP) is 4.60. The minimum Gasteiger partial charge on any atom is -0.0654 e. The fourth-order valence-electron chi connectivity index (χ4n) is 2.10. The van der Waals surface area contributed by atoms with Crippen molar-refractivity contribution >= 4 is 0 Å². The Morgan fingerprint density at radius 2 is 1.93 bits per heavy atom. The van der Waals surface area contributed by atoms with Crippen LogP contribution in [0.15, 0.2) is 30.3 Å². The zero-order valence-electron chi connectivity index (χ0n) is 9.71. The molecule has 1 aromatic rings. The van der Waals surface area contributed by atoms with Gasteiger partial charge in [-0.1, -0.05) is 62.9 Å².